The number of nitrogens with zero attached hydrogens (tertiary/aromatic N) is 2. The molecule has 0 aromatic rings. The Hall–Kier alpha value is -2.24. The predicted octanol–water partition coefficient (Wildman–Crippen LogP) is 2.06. The van der Waals surface area contributed by atoms with Gasteiger partial charge in [0.25, 0.3) is 23.6 Å². The monoisotopic (exact) mass is 346 g/mol. The second-order valence-electron chi connectivity index (χ2n) is 6.63. The van der Waals surface area contributed by atoms with Gasteiger partial charge in [0.05, 0.1) is 0 Å². The summed E-state index contributed by atoms with van der Waals surface area (Å²) >= 11 is 0. The Kier molecular flexibility index (Phi) is 6.67. The first kappa shape index (κ1) is 19.1. The van der Waals surface area contributed by atoms with Crippen LogP contribution in [0.25, 0.3) is 0 Å². The van der Waals surface area contributed by atoms with Crippen LogP contribution in [-0.4, -0.2) is 46.5 Å². The molecule has 0 aromatic carbocycles. The first-order valence-electron chi connectivity index (χ1n) is 9.03. The summed E-state index contributed by atoms with van der Waals surface area (Å²) in [6.45, 7) is 4.46. The molecule has 0 aromatic heterocycles. The maximum Gasteiger partial charge on any atom is 0.253 e. The molecule has 0 spiro atoms. The van der Waals surface area contributed by atoms with Crippen molar-refractivity contribution < 1.29 is 19.2 Å². The van der Waals surface area contributed by atoms with E-state index in [0.717, 1.165) is 0 Å². The summed E-state index contributed by atoms with van der Waals surface area (Å²) in [6.07, 6.45) is 13.0. The lowest BCUT2D eigenvalue weighted by Gasteiger charge is -2.08. The zero-order valence-corrected chi connectivity index (χ0v) is 14.9. The van der Waals surface area contributed by atoms with Crippen LogP contribution in [0.1, 0.15) is 46.0 Å². The van der Waals surface area contributed by atoms with Crippen molar-refractivity contribution >= 4 is 23.6 Å². The molecule has 2 aliphatic carbocycles. The van der Waals surface area contributed by atoms with Crippen molar-refractivity contribution in [1.82, 2.24) is 9.80 Å². The molecular weight excluding hydrogens is 320 g/mol. The highest BCUT2D eigenvalue weighted by Crippen LogP contribution is 2.43. The standard InChI is InChI=1S/C7H12.2C6H7NO2/c1-2-7-4-3-6(1)5-7;2*1-2-7-5(8)3-4-6(7)9/h6-7H,1-5H2;2*3-4H,2H2,1H3. The summed E-state index contributed by atoms with van der Waals surface area (Å²) in [4.78, 5) is 44.9. The zero-order valence-electron chi connectivity index (χ0n) is 14.9. The second kappa shape index (κ2) is 8.74. The second-order valence-corrected chi connectivity index (χ2v) is 6.63. The van der Waals surface area contributed by atoms with E-state index in [4.69, 9.17) is 0 Å². The quantitative estimate of drug-likeness (QED) is 0.717. The van der Waals surface area contributed by atoms with Crippen LogP contribution in [-0.2, 0) is 19.2 Å². The van der Waals surface area contributed by atoms with E-state index in [1.165, 1.54) is 45.9 Å². The molecule has 0 N–H and O–H groups in total. The number of carbonyl (C=O) groups is 4. The highest BCUT2D eigenvalue weighted by molar-refractivity contribution is 6.13. The Morgan fingerprint density at radius 1 is 0.680 bits per heavy atom. The first-order chi connectivity index (χ1) is 12.0. The predicted molar refractivity (Wildman–Crippen MR) is 93.1 cm³/mol. The molecule has 0 saturated heterocycles. The summed E-state index contributed by atoms with van der Waals surface area (Å²) in [5.74, 6) is 1.52. The van der Waals surface area contributed by atoms with Gasteiger partial charge in [-0.2, -0.15) is 0 Å². The molecule has 2 fully saturated rings. The molecule has 6 nitrogen and oxygen atoms in total. The third-order valence-electron chi connectivity index (χ3n) is 5.07. The summed E-state index contributed by atoms with van der Waals surface area (Å²) in [7, 11) is 0. The van der Waals surface area contributed by atoms with E-state index in [2.05, 4.69) is 0 Å². The molecular formula is C19H26N2O4. The average Bonchev–Trinajstić information content (AvgIpc) is 3.37. The Bertz CT molecular complexity index is 513. The van der Waals surface area contributed by atoms with Crippen molar-refractivity contribution in [3.63, 3.8) is 0 Å². The van der Waals surface area contributed by atoms with Gasteiger partial charge in [-0.25, -0.2) is 0 Å². The van der Waals surface area contributed by atoms with Crippen LogP contribution in [0, 0.1) is 11.8 Å². The van der Waals surface area contributed by atoms with Crippen molar-refractivity contribution in [3.05, 3.63) is 24.3 Å². The molecule has 4 amide bonds. The van der Waals surface area contributed by atoms with Crippen LogP contribution in [0.5, 0.6) is 0 Å². The van der Waals surface area contributed by atoms with Crippen LogP contribution in [0.15, 0.2) is 24.3 Å². The lowest BCUT2D eigenvalue weighted by Crippen LogP contribution is -2.29. The van der Waals surface area contributed by atoms with E-state index in [9.17, 15) is 19.2 Å². The number of hydrogen-bond donors (Lipinski definition) is 0. The van der Waals surface area contributed by atoms with Crippen LogP contribution >= 0.6 is 0 Å². The molecule has 2 aliphatic heterocycles. The number of carbonyl (C=O) groups excluding carboxylic acids is 4. The largest absolute Gasteiger partial charge is 0.276 e. The fraction of sp³-hybridized carbons (Fsp3) is 0.579. The van der Waals surface area contributed by atoms with Gasteiger partial charge in [0, 0.05) is 37.4 Å². The van der Waals surface area contributed by atoms with E-state index in [0.29, 0.717) is 13.1 Å². The van der Waals surface area contributed by atoms with Crippen LogP contribution in [0.2, 0.25) is 0 Å². The van der Waals surface area contributed by atoms with E-state index < -0.39 is 0 Å². The maximum atomic E-state index is 10.6. The average molecular weight is 346 g/mol. The van der Waals surface area contributed by atoms with Gasteiger partial charge in [0.15, 0.2) is 0 Å². The Morgan fingerprint density at radius 2 is 0.960 bits per heavy atom. The molecule has 0 atom stereocenters. The molecule has 0 radical (unpaired) electrons. The van der Waals surface area contributed by atoms with E-state index >= 15 is 0 Å². The molecule has 4 aliphatic rings. The van der Waals surface area contributed by atoms with Crippen LogP contribution < -0.4 is 0 Å². The number of imide groups is 2. The summed E-state index contributed by atoms with van der Waals surface area (Å²) < 4.78 is 0. The SMILES string of the molecule is C1CC2CCC1C2.CCN1C(=O)C=CC1=O.CCN1C(=O)C=CC1=O. The van der Waals surface area contributed by atoms with E-state index in [1.54, 1.807) is 46.0 Å². The third kappa shape index (κ3) is 4.87. The maximum absolute atomic E-state index is 10.6. The fourth-order valence-corrected chi connectivity index (χ4v) is 3.66. The minimum absolute atomic E-state index is 0.206. The van der Waals surface area contributed by atoms with Gasteiger partial charge in [-0.05, 0) is 32.1 Å². The number of likely N-dealkylation sites (N-methyl/N-ethyl adjacent to an activating group) is 2. The Balaban J connectivity index is 0.000000136. The van der Waals surface area contributed by atoms with Crippen LogP contribution in [0.4, 0.5) is 0 Å². The first-order valence-corrected chi connectivity index (χ1v) is 9.03. The Morgan fingerprint density at radius 3 is 1.08 bits per heavy atom. The van der Waals surface area contributed by atoms with Crippen molar-refractivity contribution in [2.45, 2.75) is 46.0 Å². The Labute approximate surface area is 148 Å². The van der Waals surface area contributed by atoms with Crippen molar-refractivity contribution in [2.75, 3.05) is 13.1 Å². The smallest absolute Gasteiger partial charge is 0.253 e. The minimum atomic E-state index is -0.206. The van der Waals surface area contributed by atoms with Crippen molar-refractivity contribution in [3.8, 4) is 0 Å². The molecule has 2 bridgehead atoms. The van der Waals surface area contributed by atoms with Gasteiger partial charge in [-0.15, -0.1) is 0 Å². The normalized spacial score (nSPS) is 26.2. The van der Waals surface area contributed by atoms with Gasteiger partial charge < -0.3 is 0 Å². The number of rotatable bonds is 2. The van der Waals surface area contributed by atoms with Gasteiger partial charge >= 0.3 is 0 Å². The topological polar surface area (TPSA) is 74.8 Å². The molecule has 4 rings (SSSR count). The summed E-state index contributed by atoms with van der Waals surface area (Å²) in [5.41, 5.74) is 0. The van der Waals surface area contributed by atoms with Gasteiger partial charge in [-0.3, -0.25) is 29.0 Å². The number of amides is 4. The van der Waals surface area contributed by atoms with E-state index in [-0.39, 0.29) is 23.6 Å². The van der Waals surface area contributed by atoms with Gasteiger partial charge in [0.1, 0.15) is 0 Å². The summed E-state index contributed by atoms with van der Waals surface area (Å²) in [5, 5.41) is 0. The lowest BCUT2D eigenvalue weighted by molar-refractivity contribution is -0.138. The molecule has 2 heterocycles. The van der Waals surface area contributed by atoms with Gasteiger partial charge in [0.2, 0.25) is 0 Å². The van der Waals surface area contributed by atoms with Crippen molar-refractivity contribution in [1.29, 1.82) is 0 Å². The molecule has 0 unspecified atom stereocenters. The zero-order chi connectivity index (χ0) is 18.4. The molecule has 25 heavy (non-hydrogen) atoms. The van der Waals surface area contributed by atoms with E-state index in [1.807, 2.05) is 0 Å². The molecule has 6 heteroatoms. The summed E-state index contributed by atoms with van der Waals surface area (Å²) in [6, 6.07) is 0. The number of hydrogen-bond acceptors (Lipinski definition) is 4. The lowest BCUT2D eigenvalue weighted by atomic mass is 10.0. The minimum Gasteiger partial charge on any atom is -0.276 e. The molecule has 136 valence electrons. The van der Waals surface area contributed by atoms with Crippen molar-refractivity contribution in [2.24, 2.45) is 11.8 Å². The number of fused-ring (bicyclic) bond motifs is 2. The fourth-order valence-electron chi connectivity index (χ4n) is 3.66. The highest BCUT2D eigenvalue weighted by Gasteiger charge is 2.30. The molecule has 2 saturated carbocycles. The third-order valence-corrected chi connectivity index (χ3v) is 5.07. The van der Waals surface area contributed by atoms with Crippen LogP contribution in [0.3, 0.4) is 0 Å². The van der Waals surface area contributed by atoms with Gasteiger partial charge in [-0.1, -0.05) is 25.7 Å². The highest BCUT2D eigenvalue weighted by atomic mass is 16.2.